The van der Waals surface area contributed by atoms with E-state index in [1.165, 1.54) is 35.6 Å². The van der Waals surface area contributed by atoms with Crippen LogP contribution in [0.15, 0.2) is 58.8 Å². The molecule has 0 aliphatic carbocycles. The number of sulfone groups is 1. The van der Waals surface area contributed by atoms with Crippen molar-refractivity contribution in [2.75, 3.05) is 5.32 Å². The van der Waals surface area contributed by atoms with E-state index in [0.717, 1.165) is 5.56 Å². The van der Waals surface area contributed by atoms with Crippen molar-refractivity contribution in [3.05, 3.63) is 65.3 Å². The highest BCUT2D eigenvalue weighted by molar-refractivity contribution is 7.92. The number of rotatable bonds is 5. The second kappa shape index (κ2) is 7.58. The van der Waals surface area contributed by atoms with Crippen LogP contribution in [0.1, 0.15) is 24.2 Å². The van der Waals surface area contributed by atoms with Gasteiger partial charge in [0.25, 0.3) is 5.91 Å². The fraction of sp³-hybridized carbons (Fsp3) is 0.158. The summed E-state index contributed by atoms with van der Waals surface area (Å²) in [5.74, 6) is -0.889. The van der Waals surface area contributed by atoms with Gasteiger partial charge in [-0.3, -0.25) is 10.1 Å². The van der Waals surface area contributed by atoms with Crippen LogP contribution >= 0.6 is 11.3 Å². The smallest absolute Gasteiger partial charge is 0.258 e. The summed E-state index contributed by atoms with van der Waals surface area (Å²) >= 11 is 1.20. The summed E-state index contributed by atoms with van der Waals surface area (Å²) in [6.07, 6.45) is 0. The Bertz CT molecular complexity index is 1070. The monoisotopic (exact) mass is 404 g/mol. The minimum atomic E-state index is -3.60. The molecular formula is C19H17FN2O3S2. The molecule has 0 atom stereocenters. The number of amides is 1. The van der Waals surface area contributed by atoms with Crippen LogP contribution in [0.4, 0.5) is 9.52 Å². The Kier molecular flexibility index (Phi) is 5.38. The van der Waals surface area contributed by atoms with Crippen molar-refractivity contribution in [3.8, 4) is 11.3 Å². The van der Waals surface area contributed by atoms with Crippen LogP contribution in [-0.4, -0.2) is 24.6 Å². The van der Waals surface area contributed by atoms with Crippen LogP contribution < -0.4 is 5.32 Å². The molecule has 1 aromatic heterocycles. The summed E-state index contributed by atoms with van der Waals surface area (Å²) in [6.45, 7) is 3.14. The van der Waals surface area contributed by atoms with Gasteiger partial charge in [0.05, 0.1) is 21.4 Å². The molecule has 2 aromatic carbocycles. The number of nitrogens with one attached hydrogen (secondary N) is 1. The van der Waals surface area contributed by atoms with E-state index in [1.807, 2.05) is 0 Å². The van der Waals surface area contributed by atoms with Crippen molar-refractivity contribution >= 4 is 32.2 Å². The normalized spacial score (nSPS) is 11.6. The fourth-order valence-corrected chi connectivity index (χ4v) is 4.36. The number of thiazole rings is 1. The van der Waals surface area contributed by atoms with Crippen molar-refractivity contribution in [2.45, 2.75) is 24.0 Å². The number of hydrogen-bond acceptors (Lipinski definition) is 5. The first-order valence-corrected chi connectivity index (χ1v) is 10.6. The molecule has 0 saturated carbocycles. The van der Waals surface area contributed by atoms with Gasteiger partial charge in [0.1, 0.15) is 5.82 Å². The number of halogens is 1. The summed E-state index contributed by atoms with van der Waals surface area (Å²) in [5.41, 5.74) is 1.39. The molecular weight excluding hydrogens is 387 g/mol. The summed E-state index contributed by atoms with van der Waals surface area (Å²) in [5, 5.41) is 4.06. The van der Waals surface area contributed by atoms with Crippen LogP contribution in [0.25, 0.3) is 11.3 Å². The van der Waals surface area contributed by atoms with Crippen molar-refractivity contribution in [1.82, 2.24) is 4.98 Å². The van der Waals surface area contributed by atoms with Gasteiger partial charge in [0.2, 0.25) is 0 Å². The van der Waals surface area contributed by atoms with E-state index >= 15 is 0 Å². The third kappa shape index (κ3) is 4.06. The zero-order valence-electron chi connectivity index (χ0n) is 14.6. The number of aromatic nitrogens is 1. The lowest BCUT2D eigenvalue weighted by molar-refractivity contribution is 0.102. The standard InChI is InChI=1S/C19H17FN2O3S2/c1-12(2)27(24,25)17-6-4-3-5-15(17)18(23)22-19-21-16(11-26-19)13-7-9-14(20)10-8-13/h3-12H,1-2H3,(H,21,22,23). The summed E-state index contributed by atoms with van der Waals surface area (Å²) in [4.78, 5) is 16.9. The van der Waals surface area contributed by atoms with Crippen molar-refractivity contribution < 1.29 is 17.6 Å². The SMILES string of the molecule is CC(C)S(=O)(=O)c1ccccc1C(=O)Nc1nc(-c2ccc(F)cc2)cs1. The Labute approximate surface area is 160 Å². The van der Waals surface area contributed by atoms with Crippen LogP contribution in [0.2, 0.25) is 0 Å². The topological polar surface area (TPSA) is 76.1 Å². The van der Waals surface area contributed by atoms with Gasteiger partial charge in [0, 0.05) is 10.9 Å². The van der Waals surface area contributed by atoms with Gasteiger partial charge >= 0.3 is 0 Å². The van der Waals surface area contributed by atoms with E-state index in [2.05, 4.69) is 10.3 Å². The predicted molar refractivity (Wildman–Crippen MR) is 104 cm³/mol. The quantitative estimate of drug-likeness (QED) is 0.685. The van der Waals surface area contributed by atoms with Gasteiger partial charge in [-0.1, -0.05) is 12.1 Å². The molecule has 3 rings (SSSR count). The molecule has 0 bridgehead atoms. The maximum atomic E-state index is 13.0. The second-order valence-corrected chi connectivity index (χ2v) is 9.42. The number of benzene rings is 2. The Morgan fingerprint density at radius 1 is 1.11 bits per heavy atom. The Morgan fingerprint density at radius 3 is 2.44 bits per heavy atom. The predicted octanol–water partition coefficient (Wildman–Crippen LogP) is 4.38. The van der Waals surface area contributed by atoms with E-state index in [-0.39, 0.29) is 16.3 Å². The van der Waals surface area contributed by atoms with Gasteiger partial charge in [-0.2, -0.15) is 0 Å². The molecule has 3 aromatic rings. The Hall–Kier alpha value is -2.58. The highest BCUT2D eigenvalue weighted by atomic mass is 32.2. The van der Waals surface area contributed by atoms with Crippen LogP contribution in [0.3, 0.4) is 0 Å². The number of carbonyl (C=O) groups is 1. The molecule has 0 aliphatic rings. The first kappa shape index (κ1) is 19.2. The molecule has 140 valence electrons. The lowest BCUT2D eigenvalue weighted by Crippen LogP contribution is -2.20. The zero-order valence-corrected chi connectivity index (χ0v) is 16.3. The molecule has 1 N–H and O–H groups in total. The molecule has 1 amide bonds. The molecule has 27 heavy (non-hydrogen) atoms. The van der Waals surface area contributed by atoms with Gasteiger partial charge in [-0.15, -0.1) is 11.3 Å². The molecule has 1 heterocycles. The molecule has 0 unspecified atom stereocenters. The Balaban J connectivity index is 1.86. The summed E-state index contributed by atoms with van der Waals surface area (Å²) in [6, 6.07) is 12.0. The Morgan fingerprint density at radius 2 is 1.78 bits per heavy atom. The van der Waals surface area contributed by atoms with Gasteiger partial charge in [-0.25, -0.2) is 17.8 Å². The molecule has 0 radical (unpaired) electrons. The largest absolute Gasteiger partial charge is 0.298 e. The minimum absolute atomic E-state index is 0.00665. The van der Waals surface area contributed by atoms with Gasteiger partial charge in [0.15, 0.2) is 15.0 Å². The third-order valence-electron chi connectivity index (χ3n) is 3.92. The van der Waals surface area contributed by atoms with Crippen LogP contribution in [0.5, 0.6) is 0 Å². The number of nitrogens with zero attached hydrogens (tertiary/aromatic N) is 1. The zero-order chi connectivity index (χ0) is 19.6. The summed E-state index contributed by atoms with van der Waals surface area (Å²) in [7, 11) is -3.60. The van der Waals surface area contributed by atoms with Gasteiger partial charge in [-0.05, 0) is 50.2 Å². The second-order valence-electron chi connectivity index (χ2n) is 6.09. The molecule has 0 aliphatic heterocycles. The highest BCUT2D eigenvalue weighted by Gasteiger charge is 2.25. The number of anilines is 1. The van der Waals surface area contributed by atoms with Crippen molar-refractivity contribution in [3.63, 3.8) is 0 Å². The minimum Gasteiger partial charge on any atom is -0.298 e. The van der Waals surface area contributed by atoms with E-state index in [4.69, 9.17) is 0 Å². The molecule has 0 fully saturated rings. The molecule has 0 saturated heterocycles. The lowest BCUT2D eigenvalue weighted by atomic mass is 10.2. The molecule has 5 nitrogen and oxygen atoms in total. The van der Waals surface area contributed by atoms with Crippen LogP contribution in [0, 0.1) is 5.82 Å². The van der Waals surface area contributed by atoms with E-state index in [0.29, 0.717) is 10.8 Å². The number of carbonyl (C=O) groups excluding carboxylic acids is 1. The van der Waals surface area contributed by atoms with Crippen molar-refractivity contribution in [1.29, 1.82) is 0 Å². The van der Waals surface area contributed by atoms with E-state index in [1.54, 1.807) is 43.5 Å². The first-order valence-electron chi connectivity index (χ1n) is 8.15. The highest BCUT2D eigenvalue weighted by Crippen LogP contribution is 2.26. The maximum absolute atomic E-state index is 13.0. The van der Waals surface area contributed by atoms with Gasteiger partial charge < -0.3 is 0 Å². The van der Waals surface area contributed by atoms with E-state index < -0.39 is 21.0 Å². The maximum Gasteiger partial charge on any atom is 0.258 e. The lowest BCUT2D eigenvalue weighted by Gasteiger charge is -2.12. The fourth-order valence-electron chi connectivity index (χ4n) is 2.41. The number of hydrogen-bond donors (Lipinski definition) is 1. The molecule has 8 heteroatoms. The van der Waals surface area contributed by atoms with Crippen molar-refractivity contribution in [2.24, 2.45) is 0 Å². The van der Waals surface area contributed by atoms with E-state index in [9.17, 15) is 17.6 Å². The first-order chi connectivity index (χ1) is 12.8. The summed E-state index contributed by atoms with van der Waals surface area (Å²) < 4.78 is 38.0. The average molecular weight is 404 g/mol. The molecule has 0 spiro atoms. The third-order valence-corrected chi connectivity index (χ3v) is 6.89. The van der Waals surface area contributed by atoms with Crippen LogP contribution in [-0.2, 0) is 9.84 Å². The average Bonchev–Trinajstić information content (AvgIpc) is 3.10.